The Hall–Kier alpha value is -2.89. The number of carbonyl (C=O) groups excluding carboxylic acids is 3. The van der Waals surface area contributed by atoms with Crippen molar-refractivity contribution in [2.45, 2.75) is 20.8 Å². The van der Waals surface area contributed by atoms with Gasteiger partial charge in [0.1, 0.15) is 12.2 Å². The Labute approximate surface area is 133 Å². The van der Waals surface area contributed by atoms with Gasteiger partial charge in [-0.05, 0) is 38.5 Å². The van der Waals surface area contributed by atoms with Crippen molar-refractivity contribution >= 4 is 29.0 Å². The fraction of sp³-hybridized carbons (Fsp3) is 0.235. The summed E-state index contributed by atoms with van der Waals surface area (Å²) in [7, 11) is 0. The summed E-state index contributed by atoms with van der Waals surface area (Å²) in [4.78, 5) is 40.9. The Morgan fingerprint density at radius 2 is 1.87 bits per heavy atom. The second kappa shape index (κ2) is 5.39. The fourth-order valence-electron chi connectivity index (χ4n) is 3.04. The monoisotopic (exact) mass is 311 g/mol. The molecule has 1 aliphatic rings. The molecule has 0 aliphatic carbocycles. The van der Waals surface area contributed by atoms with Crippen molar-refractivity contribution in [2.24, 2.45) is 0 Å². The van der Waals surface area contributed by atoms with Gasteiger partial charge < -0.3 is 10.3 Å². The van der Waals surface area contributed by atoms with E-state index in [0.717, 1.165) is 0 Å². The summed E-state index contributed by atoms with van der Waals surface area (Å²) >= 11 is 0. The number of amides is 2. The van der Waals surface area contributed by atoms with E-state index in [-0.39, 0.29) is 24.1 Å². The van der Waals surface area contributed by atoms with E-state index < -0.39 is 0 Å². The lowest BCUT2D eigenvalue weighted by Crippen LogP contribution is -2.42. The van der Waals surface area contributed by atoms with Crippen molar-refractivity contribution in [3.8, 4) is 0 Å². The number of H-pyrrole nitrogens is 1. The predicted molar refractivity (Wildman–Crippen MR) is 87.0 cm³/mol. The summed E-state index contributed by atoms with van der Waals surface area (Å²) < 4.78 is 0. The normalized spacial score (nSPS) is 13.5. The lowest BCUT2D eigenvalue weighted by Gasteiger charge is -2.29. The maximum Gasteiger partial charge on any atom is 0.275 e. The second-order valence-electron chi connectivity index (χ2n) is 5.64. The lowest BCUT2D eigenvalue weighted by atomic mass is 10.1. The number of benzene rings is 1. The topological polar surface area (TPSA) is 82.3 Å². The van der Waals surface area contributed by atoms with Crippen molar-refractivity contribution in [1.82, 2.24) is 4.98 Å². The van der Waals surface area contributed by atoms with Crippen LogP contribution in [0.5, 0.6) is 0 Å². The number of nitrogens with one attached hydrogen (secondary N) is 2. The van der Waals surface area contributed by atoms with Gasteiger partial charge >= 0.3 is 0 Å². The van der Waals surface area contributed by atoms with Crippen LogP contribution >= 0.6 is 0 Å². The minimum Gasteiger partial charge on any atom is -0.354 e. The number of hydrogen-bond acceptors (Lipinski definition) is 3. The molecule has 2 aromatic rings. The summed E-state index contributed by atoms with van der Waals surface area (Å²) in [6.45, 7) is 4.92. The maximum absolute atomic E-state index is 12.9. The largest absolute Gasteiger partial charge is 0.354 e. The van der Waals surface area contributed by atoms with Crippen molar-refractivity contribution in [1.29, 1.82) is 0 Å². The molecule has 6 heteroatoms. The third kappa shape index (κ3) is 2.42. The van der Waals surface area contributed by atoms with Crippen molar-refractivity contribution in [3.63, 3.8) is 0 Å². The Balaban J connectivity index is 2.07. The quantitative estimate of drug-likeness (QED) is 0.836. The summed E-state index contributed by atoms with van der Waals surface area (Å²) in [6.07, 6.45) is 0. The van der Waals surface area contributed by atoms with E-state index in [2.05, 4.69) is 10.3 Å². The highest BCUT2D eigenvalue weighted by molar-refractivity contribution is 6.16. The zero-order chi connectivity index (χ0) is 16.7. The van der Waals surface area contributed by atoms with Crippen molar-refractivity contribution in [3.05, 3.63) is 46.8 Å². The molecule has 0 saturated carbocycles. The first-order valence-corrected chi connectivity index (χ1v) is 7.31. The van der Waals surface area contributed by atoms with E-state index in [1.165, 1.54) is 11.8 Å². The van der Waals surface area contributed by atoms with Crippen molar-refractivity contribution in [2.75, 3.05) is 16.8 Å². The molecule has 1 aliphatic heterocycles. The molecule has 3 rings (SSSR count). The third-order valence-corrected chi connectivity index (χ3v) is 4.02. The molecule has 1 aromatic heterocycles. The molecule has 0 unspecified atom stereocenters. The van der Waals surface area contributed by atoms with Gasteiger partial charge in [-0.15, -0.1) is 0 Å². The van der Waals surface area contributed by atoms with Crippen LogP contribution in [0.1, 0.15) is 39.0 Å². The Morgan fingerprint density at radius 3 is 2.52 bits per heavy atom. The number of carbonyl (C=O) groups is 3. The Morgan fingerprint density at radius 1 is 1.17 bits per heavy atom. The zero-order valence-electron chi connectivity index (χ0n) is 13.2. The first-order chi connectivity index (χ1) is 10.9. The number of aryl methyl sites for hydroxylation is 1. The van der Waals surface area contributed by atoms with Crippen LogP contribution in [0.2, 0.25) is 0 Å². The number of anilines is 2. The molecule has 0 spiro atoms. The molecule has 2 N–H and O–H groups in total. The first kappa shape index (κ1) is 15.0. The third-order valence-electron chi connectivity index (χ3n) is 4.02. The summed E-state index contributed by atoms with van der Waals surface area (Å²) in [5.74, 6) is -0.655. The number of fused-ring (bicyclic) bond motifs is 1. The number of hydrogen-bond donors (Lipinski definition) is 2. The highest BCUT2D eigenvalue weighted by atomic mass is 16.2. The van der Waals surface area contributed by atoms with Crippen molar-refractivity contribution < 1.29 is 14.4 Å². The van der Waals surface area contributed by atoms with Crippen LogP contribution in [-0.2, 0) is 4.79 Å². The minimum atomic E-state index is -0.319. The number of rotatable bonds is 2. The SMILES string of the molecule is CC(=O)c1c(C)[nH]c(C(=O)N2CC(=O)Nc3ccccc32)c1C. The highest BCUT2D eigenvalue weighted by Crippen LogP contribution is 2.31. The number of nitrogens with zero attached hydrogens (tertiary/aromatic N) is 1. The van der Waals surface area contributed by atoms with E-state index >= 15 is 0 Å². The highest BCUT2D eigenvalue weighted by Gasteiger charge is 2.30. The molecule has 0 saturated heterocycles. The minimum absolute atomic E-state index is 0.0528. The number of aromatic nitrogens is 1. The predicted octanol–water partition coefficient (Wildman–Crippen LogP) is 2.43. The van der Waals surface area contributed by atoms with Crippen LogP contribution in [0.15, 0.2) is 24.3 Å². The van der Waals surface area contributed by atoms with Gasteiger partial charge in [0.2, 0.25) is 5.91 Å². The van der Waals surface area contributed by atoms with E-state index in [4.69, 9.17) is 0 Å². The van der Waals surface area contributed by atoms with Crippen LogP contribution in [0.4, 0.5) is 11.4 Å². The van der Waals surface area contributed by atoms with Gasteiger partial charge in [-0.3, -0.25) is 19.3 Å². The van der Waals surface area contributed by atoms with Gasteiger partial charge in [-0.2, -0.15) is 0 Å². The molecule has 0 atom stereocenters. The molecule has 0 radical (unpaired) electrons. The van der Waals surface area contributed by atoms with Crippen LogP contribution in [0.3, 0.4) is 0 Å². The molecule has 6 nitrogen and oxygen atoms in total. The van der Waals surface area contributed by atoms with Crippen LogP contribution in [0.25, 0.3) is 0 Å². The van der Waals surface area contributed by atoms with Crippen LogP contribution < -0.4 is 10.2 Å². The van der Waals surface area contributed by atoms with Gasteiger partial charge in [0.05, 0.1) is 11.4 Å². The summed E-state index contributed by atoms with van der Waals surface area (Å²) in [5.41, 5.74) is 3.40. The lowest BCUT2D eigenvalue weighted by molar-refractivity contribution is -0.115. The van der Waals surface area contributed by atoms with E-state index in [1.807, 2.05) is 6.07 Å². The second-order valence-corrected chi connectivity index (χ2v) is 5.64. The molecule has 0 fully saturated rings. The van der Waals surface area contributed by atoms with E-state index in [1.54, 1.807) is 32.0 Å². The van der Waals surface area contributed by atoms with Crippen LogP contribution in [0, 0.1) is 13.8 Å². The molecular formula is C17H17N3O3. The standard InChI is InChI=1S/C17H17N3O3/c1-9-15(11(3)21)10(2)18-16(9)17(23)20-8-14(22)19-12-6-4-5-7-13(12)20/h4-7,18H,8H2,1-3H3,(H,19,22). The molecule has 1 aromatic carbocycles. The average molecular weight is 311 g/mol. The van der Waals surface area contributed by atoms with E-state index in [0.29, 0.717) is 33.9 Å². The number of ketones is 1. The van der Waals surface area contributed by atoms with Gasteiger partial charge in [0, 0.05) is 11.3 Å². The Kier molecular flexibility index (Phi) is 3.52. The van der Waals surface area contributed by atoms with Gasteiger partial charge in [-0.1, -0.05) is 12.1 Å². The first-order valence-electron chi connectivity index (χ1n) is 7.31. The molecular weight excluding hydrogens is 294 g/mol. The van der Waals surface area contributed by atoms with Gasteiger partial charge in [0.15, 0.2) is 5.78 Å². The molecule has 2 heterocycles. The zero-order valence-corrected chi connectivity index (χ0v) is 13.2. The molecule has 118 valence electrons. The maximum atomic E-state index is 12.9. The Bertz CT molecular complexity index is 836. The molecule has 2 amide bonds. The van der Waals surface area contributed by atoms with Gasteiger partial charge in [-0.25, -0.2) is 0 Å². The molecule has 0 bridgehead atoms. The summed E-state index contributed by atoms with van der Waals surface area (Å²) in [5, 5.41) is 2.75. The smallest absolute Gasteiger partial charge is 0.275 e. The number of para-hydroxylation sites is 2. The number of Topliss-reactive ketones (excluding diaryl/α,β-unsaturated/α-hetero) is 1. The molecule has 23 heavy (non-hydrogen) atoms. The average Bonchev–Trinajstić information content (AvgIpc) is 2.80. The van der Waals surface area contributed by atoms with Gasteiger partial charge in [0.25, 0.3) is 5.91 Å². The fourth-order valence-corrected chi connectivity index (χ4v) is 3.04. The van der Waals surface area contributed by atoms with E-state index in [9.17, 15) is 14.4 Å². The summed E-state index contributed by atoms with van der Waals surface area (Å²) in [6, 6.07) is 7.14. The number of aromatic amines is 1. The van der Waals surface area contributed by atoms with Crippen LogP contribution in [-0.4, -0.2) is 29.1 Å².